The zero-order valence-electron chi connectivity index (χ0n) is 10.3. The van der Waals surface area contributed by atoms with Crippen molar-refractivity contribution >= 4 is 17.3 Å². The lowest BCUT2D eigenvalue weighted by Gasteiger charge is -2.06. The van der Waals surface area contributed by atoms with Crippen molar-refractivity contribution in [1.29, 1.82) is 5.26 Å². The number of carbonyl (C=O) groups is 1. The van der Waals surface area contributed by atoms with Crippen molar-refractivity contribution in [1.82, 2.24) is 0 Å². The first kappa shape index (κ1) is 14.2. The van der Waals surface area contributed by atoms with E-state index in [1.807, 2.05) is 0 Å². The maximum absolute atomic E-state index is 11.2. The molecule has 0 radical (unpaired) electrons. The Morgan fingerprint density at radius 1 is 1.58 bits per heavy atom. The summed E-state index contributed by atoms with van der Waals surface area (Å²) < 4.78 is 4.41. The number of esters is 1. The van der Waals surface area contributed by atoms with Crippen LogP contribution in [0, 0.1) is 28.4 Å². The molecule has 1 N–H and O–H groups in total. The number of anilines is 1. The molecule has 1 aromatic rings. The summed E-state index contributed by atoms with van der Waals surface area (Å²) in [7, 11) is 1.16. The molecule has 0 bridgehead atoms. The SMILES string of the molecule is COC(=O)/C(C#N)=C\Nc1cccc([N+](=O)[O-])c1C. The van der Waals surface area contributed by atoms with E-state index in [-0.39, 0.29) is 11.3 Å². The first-order valence-electron chi connectivity index (χ1n) is 5.20. The highest BCUT2D eigenvalue weighted by molar-refractivity contribution is 5.93. The molecule has 0 saturated heterocycles. The van der Waals surface area contributed by atoms with Gasteiger partial charge in [0.1, 0.15) is 6.07 Å². The van der Waals surface area contributed by atoms with Gasteiger partial charge in [-0.25, -0.2) is 4.79 Å². The van der Waals surface area contributed by atoms with Gasteiger partial charge in [0.05, 0.1) is 17.6 Å². The quantitative estimate of drug-likeness (QED) is 0.292. The molecule has 0 aliphatic rings. The van der Waals surface area contributed by atoms with Gasteiger partial charge in [-0.2, -0.15) is 5.26 Å². The summed E-state index contributed by atoms with van der Waals surface area (Å²) >= 11 is 0. The number of hydrogen-bond acceptors (Lipinski definition) is 6. The monoisotopic (exact) mass is 261 g/mol. The lowest BCUT2D eigenvalue weighted by Crippen LogP contribution is -2.05. The third-order valence-corrected chi connectivity index (χ3v) is 2.40. The Bertz CT molecular complexity index is 587. The Morgan fingerprint density at radius 3 is 2.79 bits per heavy atom. The first-order chi connectivity index (χ1) is 9.01. The molecular weight excluding hydrogens is 250 g/mol. The molecular formula is C12H11N3O4. The number of nitro groups is 1. The molecule has 1 aromatic carbocycles. The molecule has 0 heterocycles. The molecule has 7 nitrogen and oxygen atoms in total. The summed E-state index contributed by atoms with van der Waals surface area (Å²) in [5.41, 5.74) is 0.570. The molecule has 0 saturated carbocycles. The Morgan fingerprint density at radius 2 is 2.26 bits per heavy atom. The molecule has 1 rings (SSSR count). The fourth-order valence-corrected chi connectivity index (χ4v) is 1.37. The third kappa shape index (κ3) is 3.29. The second-order valence-electron chi connectivity index (χ2n) is 3.51. The van der Waals surface area contributed by atoms with Gasteiger partial charge in [0.15, 0.2) is 5.57 Å². The minimum Gasteiger partial charge on any atom is -0.465 e. The zero-order valence-corrected chi connectivity index (χ0v) is 10.3. The zero-order chi connectivity index (χ0) is 14.4. The molecule has 19 heavy (non-hydrogen) atoms. The summed E-state index contributed by atoms with van der Waals surface area (Å²) in [5, 5.41) is 22.2. The van der Waals surface area contributed by atoms with Crippen LogP contribution in [0.15, 0.2) is 30.0 Å². The van der Waals surface area contributed by atoms with Crippen molar-refractivity contribution in [3.8, 4) is 6.07 Å². The van der Waals surface area contributed by atoms with Crippen LogP contribution in [0.25, 0.3) is 0 Å². The van der Waals surface area contributed by atoms with Crippen LogP contribution in [0.1, 0.15) is 5.56 Å². The number of nitrogens with zero attached hydrogens (tertiary/aromatic N) is 2. The highest BCUT2D eigenvalue weighted by atomic mass is 16.6. The number of methoxy groups -OCH3 is 1. The molecule has 0 fully saturated rings. The van der Waals surface area contributed by atoms with Crippen LogP contribution in [0.3, 0.4) is 0 Å². The highest BCUT2D eigenvalue weighted by Crippen LogP contribution is 2.25. The number of nitro benzene ring substituents is 1. The fourth-order valence-electron chi connectivity index (χ4n) is 1.37. The number of ether oxygens (including phenoxy) is 1. The summed E-state index contributed by atoms with van der Waals surface area (Å²) in [6.07, 6.45) is 1.15. The van der Waals surface area contributed by atoms with Gasteiger partial charge in [0.2, 0.25) is 0 Å². The number of rotatable bonds is 4. The molecule has 0 aromatic heterocycles. The Labute approximate surface area is 109 Å². The number of carbonyl (C=O) groups excluding carboxylic acids is 1. The predicted octanol–water partition coefficient (Wildman–Crippen LogP) is 1.90. The Hall–Kier alpha value is -2.88. The number of nitrogens with one attached hydrogen (secondary N) is 1. The summed E-state index contributed by atoms with van der Waals surface area (Å²) in [4.78, 5) is 21.4. The topological polar surface area (TPSA) is 105 Å². The maximum atomic E-state index is 11.2. The fraction of sp³-hybridized carbons (Fsp3) is 0.167. The third-order valence-electron chi connectivity index (χ3n) is 2.40. The number of hydrogen-bond donors (Lipinski definition) is 1. The van der Waals surface area contributed by atoms with E-state index in [4.69, 9.17) is 5.26 Å². The smallest absolute Gasteiger partial charge is 0.350 e. The Balaban J connectivity index is 3.05. The van der Waals surface area contributed by atoms with Crippen molar-refractivity contribution in [2.24, 2.45) is 0 Å². The lowest BCUT2D eigenvalue weighted by atomic mass is 10.1. The van der Waals surface area contributed by atoms with Crippen molar-refractivity contribution in [3.63, 3.8) is 0 Å². The van der Waals surface area contributed by atoms with E-state index >= 15 is 0 Å². The average Bonchev–Trinajstić information content (AvgIpc) is 2.40. The minimum atomic E-state index is -0.780. The van der Waals surface area contributed by atoms with E-state index < -0.39 is 10.9 Å². The summed E-state index contributed by atoms with van der Waals surface area (Å²) in [6, 6.07) is 6.15. The second kappa shape index (κ2) is 6.16. The normalized spacial score (nSPS) is 10.5. The number of nitriles is 1. The molecule has 0 spiro atoms. The maximum Gasteiger partial charge on any atom is 0.350 e. The van der Waals surface area contributed by atoms with Crippen LogP contribution in [0.5, 0.6) is 0 Å². The van der Waals surface area contributed by atoms with Crippen molar-refractivity contribution in [2.75, 3.05) is 12.4 Å². The first-order valence-corrected chi connectivity index (χ1v) is 5.20. The van der Waals surface area contributed by atoms with E-state index in [9.17, 15) is 14.9 Å². The minimum absolute atomic E-state index is 0.0463. The molecule has 0 unspecified atom stereocenters. The van der Waals surface area contributed by atoms with Gasteiger partial charge in [0, 0.05) is 18.0 Å². The van der Waals surface area contributed by atoms with E-state index in [1.54, 1.807) is 19.1 Å². The highest BCUT2D eigenvalue weighted by Gasteiger charge is 2.13. The van der Waals surface area contributed by atoms with E-state index in [0.717, 1.165) is 13.3 Å². The average molecular weight is 261 g/mol. The molecule has 0 aliphatic carbocycles. The molecule has 0 atom stereocenters. The summed E-state index contributed by atoms with van der Waals surface area (Å²) in [5.74, 6) is -0.780. The van der Waals surface area contributed by atoms with Gasteiger partial charge in [0.25, 0.3) is 5.69 Å². The lowest BCUT2D eigenvalue weighted by molar-refractivity contribution is -0.385. The molecule has 0 amide bonds. The van der Waals surface area contributed by atoms with Crippen LogP contribution in [0.2, 0.25) is 0 Å². The van der Waals surface area contributed by atoms with E-state index in [0.29, 0.717) is 11.3 Å². The molecule has 7 heteroatoms. The van der Waals surface area contributed by atoms with Crippen molar-refractivity contribution in [2.45, 2.75) is 6.92 Å². The van der Waals surface area contributed by atoms with Gasteiger partial charge >= 0.3 is 5.97 Å². The van der Waals surface area contributed by atoms with Gasteiger partial charge in [-0.15, -0.1) is 0 Å². The van der Waals surface area contributed by atoms with Crippen LogP contribution in [0.4, 0.5) is 11.4 Å². The van der Waals surface area contributed by atoms with Crippen LogP contribution in [-0.4, -0.2) is 18.0 Å². The van der Waals surface area contributed by atoms with Crippen LogP contribution in [-0.2, 0) is 9.53 Å². The Kier molecular flexibility index (Phi) is 4.60. The van der Waals surface area contributed by atoms with Crippen LogP contribution >= 0.6 is 0 Å². The summed E-state index contributed by atoms with van der Waals surface area (Å²) in [6.45, 7) is 1.57. The van der Waals surface area contributed by atoms with Crippen LogP contribution < -0.4 is 5.32 Å². The largest absolute Gasteiger partial charge is 0.465 e. The van der Waals surface area contributed by atoms with Gasteiger partial charge in [-0.1, -0.05) is 6.07 Å². The van der Waals surface area contributed by atoms with E-state index in [2.05, 4.69) is 10.1 Å². The van der Waals surface area contributed by atoms with Gasteiger partial charge < -0.3 is 10.1 Å². The van der Waals surface area contributed by atoms with E-state index in [1.165, 1.54) is 12.1 Å². The van der Waals surface area contributed by atoms with Gasteiger partial charge in [-0.3, -0.25) is 10.1 Å². The molecule has 98 valence electrons. The number of benzene rings is 1. The standard InChI is InChI=1S/C12H11N3O4/c1-8-10(4-3-5-11(8)15(17)18)14-7-9(6-13)12(16)19-2/h3-5,7,14H,1-2H3/b9-7-. The predicted molar refractivity (Wildman–Crippen MR) is 67.2 cm³/mol. The van der Waals surface area contributed by atoms with Gasteiger partial charge in [-0.05, 0) is 13.0 Å². The molecule has 0 aliphatic heterocycles. The van der Waals surface area contributed by atoms with Crippen molar-refractivity contribution < 1.29 is 14.5 Å². The second-order valence-corrected chi connectivity index (χ2v) is 3.51. The van der Waals surface area contributed by atoms with Crippen molar-refractivity contribution in [3.05, 3.63) is 45.6 Å².